The quantitative estimate of drug-likeness (QED) is 0.786. The van der Waals surface area contributed by atoms with Crippen LogP contribution in [0.15, 0.2) is 24.3 Å². The molecular weight excluding hydrogens is 356 g/mol. The van der Waals surface area contributed by atoms with Crippen molar-refractivity contribution in [2.75, 3.05) is 63.9 Å². The van der Waals surface area contributed by atoms with Gasteiger partial charge in [0.05, 0.1) is 12.1 Å². The zero-order chi connectivity index (χ0) is 19.7. The Morgan fingerprint density at radius 3 is 2.64 bits per heavy atom. The Hall–Kier alpha value is -2.28. The van der Waals surface area contributed by atoms with Crippen molar-refractivity contribution in [1.82, 2.24) is 14.7 Å². The summed E-state index contributed by atoms with van der Waals surface area (Å²) in [6, 6.07) is 8.59. The van der Waals surface area contributed by atoms with E-state index in [1.54, 1.807) is 0 Å². The average molecular weight is 386 g/mol. The maximum atomic E-state index is 12.9. The van der Waals surface area contributed by atoms with Crippen molar-refractivity contribution >= 4 is 17.7 Å². The fourth-order valence-corrected chi connectivity index (χ4v) is 4.56. The lowest BCUT2D eigenvalue weighted by atomic mass is 9.93. The molecule has 0 radical (unpaired) electrons. The van der Waals surface area contributed by atoms with E-state index >= 15 is 0 Å². The van der Waals surface area contributed by atoms with Gasteiger partial charge in [0.15, 0.2) is 0 Å². The first-order valence-electron chi connectivity index (χ1n) is 10.3. The van der Waals surface area contributed by atoms with E-state index in [1.165, 1.54) is 11.3 Å². The lowest BCUT2D eigenvalue weighted by molar-refractivity contribution is -0.136. The molecule has 3 fully saturated rings. The first-order chi connectivity index (χ1) is 13.5. The molecule has 3 heterocycles. The number of cyclic esters (lactones) is 1. The number of amides is 2. The molecule has 3 aliphatic rings. The number of piperazine rings is 2. The lowest BCUT2D eigenvalue weighted by Gasteiger charge is -2.45. The van der Waals surface area contributed by atoms with Crippen molar-refractivity contribution in [2.45, 2.75) is 25.8 Å². The van der Waals surface area contributed by atoms with Gasteiger partial charge in [0.2, 0.25) is 5.91 Å². The van der Waals surface area contributed by atoms with Gasteiger partial charge in [-0.25, -0.2) is 4.79 Å². The molecule has 152 valence electrons. The van der Waals surface area contributed by atoms with Gasteiger partial charge in [0, 0.05) is 51.5 Å². The SMILES string of the molecule is CCC12COC(=O)N1CCN(C(=O)CN1CCN(c3cccc(C)c3)CC1)C2. The molecule has 7 nitrogen and oxygen atoms in total. The summed E-state index contributed by atoms with van der Waals surface area (Å²) in [6.07, 6.45) is 0.568. The number of rotatable bonds is 4. The Kier molecular flexibility index (Phi) is 5.19. The van der Waals surface area contributed by atoms with Gasteiger partial charge >= 0.3 is 6.09 Å². The fraction of sp³-hybridized carbons (Fsp3) is 0.619. The summed E-state index contributed by atoms with van der Waals surface area (Å²) < 4.78 is 5.27. The Labute approximate surface area is 166 Å². The molecule has 2 amide bonds. The smallest absolute Gasteiger partial charge is 0.410 e. The monoisotopic (exact) mass is 386 g/mol. The van der Waals surface area contributed by atoms with E-state index in [0.29, 0.717) is 32.8 Å². The van der Waals surface area contributed by atoms with Crippen LogP contribution >= 0.6 is 0 Å². The molecule has 1 atom stereocenters. The van der Waals surface area contributed by atoms with Gasteiger partial charge in [-0.1, -0.05) is 19.1 Å². The van der Waals surface area contributed by atoms with Crippen molar-refractivity contribution in [2.24, 2.45) is 0 Å². The first-order valence-corrected chi connectivity index (χ1v) is 10.3. The summed E-state index contributed by atoms with van der Waals surface area (Å²) in [5.74, 6) is 0.163. The van der Waals surface area contributed by atoms with Gasteiger partial charge in [-0.3, -0.25) is 14.6 Å². The number of aryl methyl sites for hydroxylation is 1. The van der Waals surface area contributed by atoms with Crippen LogP contribution in [-0.2, 0) is 9.53 Å². The van der Waals surface area contributed by atoms with Crippen LogP contribution < -0.4 is 4.90 Å². The number of carbonyl (C=O) groups excluding carboxylic acids is 2. The second kappa shape index (κ2) is 7.62. The van der Waals surface area contributed by atoms with Crippen LogP contribution in [-0.4, -0.2) is 91.2 Å². The fourth-order valence-electron chi connectivity index (χ4n) is 4.56. The molecule has 3 aliphatic heterocycles. The molecule has 0 aliphatic carbocycles. The number of anilines is 1. The minimum Gasteiger partial charge on any atom is -0.447 e. The topological polar surface area (TPSA) is 56.3 Å². The third-order valence-electron chi connectivity index (χ3n) is 6.44. The Morgan fingerprint density at radius 1 is 1.14 bits per heavy atom. The van der Waals surface area contributed by atoms with Crippen molar-refractivity contribution in [3.05, 3.63) is 29.8 Å². The Morgan fingerprint density at radius 2 is 1.93 bits per heavy atom. The van der Waals surface area contributed by atoms with Crippen LogP contribution in [0.2, 0.25) is 0 Å². The van der Waals surface area contributed by atoms with Crippen LogP contribution in [0, 0.1) is 6.92 Å². The summed E-state index contributed by atoms with van der Waals surface area (Å²) in [4.78, 5) is 33.2. The van der Waals surface area contributed by atoms with Crippen LogP contribution in [0.4, 0.5) is 10.5 Å². The van der Waals surface area contributed by atoms with Crippen LogP contribution in [0.1, 0.15) is 18.9 Å². The van der Waals surface area contributed by atoms with Crippen molar-refractivity contribution in [3.8, 4) is 0 Å². The number of hydrogen-bond donors (Lipinski definition) is 0. The highest BCUT2D eigenvalue weighted by Crippen LogP contribution is 2.31. The predicted octanol–water partition coefficient (Wildman–Crippen LogP) is 1.56. The predicted molar refractivity (Wildman–Crippen MR) is 107 cm³/mol. The summed E-state index contributed by atoms with van der Waals surface area (Å²) in [5, 5.41) is 0. The molecule has 1 aromatic carbocycles. The lowest BCUT2D eigenvalue weighted by Crippen LogP contribution is -2.63. The Bertz CT molecular complexity index is 747. The zero-order valence-electron chi connectivity index (χ0n) is 16.9. The molecule has 3 saturated heterocycles. The van der Waals surface area contributed by atoms with E-state index in [-0.39, 0.29) is 17.5 Å². The van der Waals surface area contributed by atoms with Gasteiger partial charge in [-0.15, -0.1) is 0 Å². The standard InChI is InChI=1S/C21H30N4O3/c1-3-21-15-24(11-12-25(21)20(27)28-16-21)19(26)14-22-7-9-23(10-8-22)18-6-4-5-17(2)13-18/h4-6,13H,3,7-12,14-16H2,1-2H3. The van der Waals surface area contributed by atoms with Crippen molar-refractivity contribution < 1.29 is 14.3 Å². The van der Waals surface area contributed by atoms with Gasteiger partial charge in [0.1, 0.15) is 6.61 Å². The van der Waals surface area contributed by atoms with E-state index in [4.69, 9.17) is 4.74 Å². The normalized spacial score (nSPS) is 25.6. The molecule has 0 N–H and O–H groups in total. The second-order valence-electron chi connectivity index (χ2n) is 8.20. The molecule has 0 bridgehead atoms. The largest absolute Gasteiger partial charge is 0.447 e. The third-order valence-corrected chi connectivity index (χ3v) is 6.44. The molecule has 7 heteroatoms. The van der Waals surface area contributed by atoms with Crippen LogP contribution in [0.5, 0.6) is 0 Å². The summed E-state index contributed by atoms with van der Waals surface area (Å²) in [7, 11) is 0. The zero-order valence-corrected chi connectivity index (χ0v) is 16.9. The number of ether oxygens (including phenoxy) is 1. The maximum Gasteiger partial charge on any atom is 0.410 e. The number of carbonyl (C=O) groups is 2. The van der Waals surface area contributed by atoms with E-state index < -0.39 is 0 Å². The molecule has 0 aromatic heterocycles. The van der Waals surface area contributed by atoms with Gasteiger partial charge in [0.25, 0.3) is 0 Å². The molecule has 0 saturated carbocycles. The molecule has 1 aromatic rings. The number of fused-ring (bicyclic) bond motifs is 1. The Balaban J connectivity index is 1.31. The molecule has 4 rings (SSSR count). The summed E-state index contributed by atoms with van der Waals surface area (Å²) in [6.45, 7) is 10.4. The summed E-state index contributed by atoms with van der Waals surface area (Å²) >= 11 is 0. The highest BCUT2D eigenvalue weighted by atomic mass is 16.6. The molecule has 0 spiro atoms. The van der Waals surface area contributed by atoms with E-state index in [9.17, 15) is 9.59 Å². The third kappa shape index (κ3) is 3.55. The summed E-state index contributed by atoms with van der Waals surface area (Å²) in [5.41, 5.74) is 2.20. The van der Waals surface area contributed by atoms with Crippen LogP contribution in [0.3, 0.4) is 0 Å². The average Bonchev–Trinajstić information content (AvgIpc) is 3.05. The van der Waals surface area contributed by atoms with Gasteiger partial charge in [-0.05, 0) is 31.0 Å². The van der Waals surface area contributed by atoms with E-state index in [0.717, 1.165) is 32.6 Å². The van der Waals surface area contributed by atoms with E-state index in [2.05, 4.69) is 47.9 Å². The second-order valence-corrected chi connectivity index (χ2v) is 8.20. The van der Waals surface area contributed by atoms with Gasteiger partial charge in [-0.2, -0.15) is 0 Å². The maximum absolute atomic E-state index is 12.9. The number of nitrogens with zero attached hydrogens (tertiary/aromatic N) is 4. The minimum absolute atomic E-state index is 0.163. The highest BCUT2D eigenvalue weighted by molar-refractivity contribution is 5.79. The highest BCUT2D eigenvalue weighted by Gasteiger charge is 2.50. The molecule has 1 unspecified atom stereocenters. The molecular formula is C21H30N4O3. The number of hydrogen-bond acceptors (Lipinski definition) is 5. The van der Waals surface area contributed by atoms with Crippen molar-refractivity contribution in [1.29, 1.82) is 0 Å². The van der Waals surface area contributed by atoms with Crippen molar-refractivity contribution in [3.63, 3.8) is 0 Å². The van der Waals surface area contributed by atoms with Crippen LogP contribution in [0.25, 0.3) is 0 Å². The molecule has 28 heavy (non-hydrogen) atoms. The first kappa shape index (κ1) is 19.1. The van der Waals surface area contributed by atoms with Gasteiger partial charge < -0.3 is 14.5 Å². The minimum atomic E-state index is -0.338. The number of benzene rings is 1. The van der Waals surface area contributed by atoms with E-state index in [1.807, 2.05) is 9.80 Å².